The van der Waals surface area contributed by atoms with Gasteiger partial charge in [0.05, 0.1) is 6.42 Å². The molecule has 1 saturated heterocycles. The molecule has 2 amide bonds. The third-order valence-corrected chi connectivity index (χ3v) is 3.94. The van der Waals surface area contributed by atoms with Crippen LogP contribution in [0.5, 0.6) is 0 Å². The van der Waals surface area contributed by atoms with Crippen molar-refractivity contribution in [3.63, 3.8) is 0 Å². The summed E-state index contributed by atoms with van der Waals surface area (Å²) in [5, 5.41) is 2.78. The maximum Gasteiger partial charge on any atom is 0.227 e. The van der Waals surface area contributed by atoms with Crippen molar-refractivity contribution in [1.29, 1.82) is 0 Å². The normalized spacial score (nSPS) is 15.4. The third kappa shape index (κ3) is 4.16. The number of hydrogen-bond donors (Lipinski definition) is 1. The molecule has 2 rings (SSSR count). The highest BCUT2D eigenvalue weighted by molar-refractivity contribution is 5.81. The topological polar surface area (TPSA) is 49.4 Å². The zero-order valence-electron chi connectivity index (χ0n) is 12.6. The average molecular weight is 304 g/mol. The zero-order chi connectivity index (χ0) is 15.9. The van der Waals surface area contributed by atoms with Gasteiger partial charge >= 0.3 is 0 Å². The fourth-order valence-corrected chi connectivity index (χ4v) is 2.62. The number of nitrogens with one attached hydrogen (secondary N) is 1. The molecule has 0 unspecified atom stereocenters. The third-order valence-electron chi connectivity index (χ3n) is 3.94. The van der Waals surface area contributed by atoms with Crippen LogP contribution >= 0.6 is 0 Å². The van der Waals surface area contributed by atoms with E-state index in [1.54, 1.807) is 29.2 Å². The van der Waals surface area contributed by atoms with Gasteiger partial charge in [-0.3, -0.25) is 9.59 Å². The number of likely N-dealkylation sites (tertiary alicyclic amines) is 1. The van der Waals surface area contributed by atoms with Crippen LogP contribution in [0, 0.1) is 11.7 Å². The summed E-state index contributed by atoms with van der Waals surface area (Å²) in [4.78, 5) is 25.8. The van der Waals surface area contributed by atoms with E-state index >= 15 is 0 Å². The highest BCUT2D eigenvalue weighted by atomic mass is 19.1. The SMILES string of the molecule is C=CCNC(=O)C1CCN(C(=O)Cc2ccccc2F)CC1. The quantitative estimate of drug-likeness (QED) is 0.845. The Labute approximate surface area is 130 Å². The molecule has 0 aromatic heterocycles. The van der Waals surface area contributed by atoms with Crippen LogP contribution in [-0.2, 0) is 16.0 Å². The minimum absolute atomic E-state index is 0.0149. The smallest absolute Gasteiger partial charge is 0.227 e. The van der Waals surface area contributed by atoms with Crippen molar-refractivity contribution in [2.45, 2.75) is 19.3 Å². The summed E-state index contributed by atoms with van der Waals surface area (Å²) < 4.78 is 13.6. The Balaban J connectivity index is 1.83. The second-order valence-corrected chi connectivity index (χ2v) is 5.46. The summed E-state index contributed by atoms with van der Waals surface area (Å²) in [7, 11) is 0. The molecule has 4 nitrogen and oxygen atoms in total. The Kier molecular flexibility index (Phi) is 5.69. The second-order valence-electron chi connectivity index (χ2n) is 5.46. The molecule has 0 bridgehead atoms. The molecule has 0 atom stereocenters. The van der Waals surface area contributed by atoms with Crippen molar-refractivity contribution >= 4 is 11.8 Å². The largest absolute Gasteiger partial charge is 0.352 e. The standard InChI is InChI=1S/C17H21FN2O2/c1-2-9-19-17(22)13-7-10-20(11-8-13)16(21)12-14-5-3-4-6-15(14)18/h2-6,13H,1,7-12H2,(H,19,22). The first-order chi connectivity index (χ1) is 10.6. The lowest BCUT2D eigenvalue weighted by atomic mass is 9.95. The van der Waals surface area contributed by atoms with Gasteiger partial charge in [-0.15, -0.1) is 6.58 Å². The second kappa shape index (κ2) is 7.73. The highest BCUT2D eigenvalue weighted by Crippen LogP contribution is 2.18. The lowest BCUT2D eigenvalue weighted by Crippen LogP contribution is -2.43. The first-order valence-electron chi connectivity index (χ1n) is 7.51. The van der Waals surface area contributed by atoms with E-state index in [1.165, 1.54) is 6.07 Å². The summed E-state index contributed by atoms with van der Waals surface area (Å²) in [5.74, 6) is -0.483. The van der Waals surface area contributed by atoms with Crippen LogP contribution in [-0.4, -0.2) is 36.3 Å². The molecule has 1 heterocycles. The van der Waals surface area contributed by atoms with Gasteiger partial charge in [-0.2, -0.15) is 0 Å². The van der Waals surface area contributed by atoms with Gasteiger partial charge in [0, 0.05) is 25.6 Å². The molecule has 0 spiro atoms. The lowest BCUT2D eigenvalue weighted by Gasteiger charge is -2.31. The number of nitrogens with zero attached hydrogens (tertiary/aromatic N) is 1. The van der Waals surface area contributed by atoms with Crippen LogP contribution in [0.4, 0.5) is 4.39 Å². The van der Waals surface area contributed by atoms with Crippen LogP contribution in [0.25, 0.3) is 0 Å². The molecule has 1 aromatic rings. The molecule has 0 aliphatic carbocycles. The Hall–Kier alpha value is -2.17. The Bertz CT molecular complexity index is 551. The van der Waals surface area contributed by atoms with Crippen molar-refractivity contribution in [3.05, 3.63) is 48.3 Å². The van der Waals surface area contributed by atoms with Crippen molar-refractivity contribution in [1.82, 2.24) is 10.2 Å². The van der Waals surface area contributed by atoms with Crippen molar-refractivity contribution < 1.29 is 14.0 Å². The number of carbonyl (C=O) groups is 2. The lowest BCUT2D eigenvalue weighted by molar-refractivity contribution is -0.135. The summed E-state index contributed by atoms with van der Waals surface area (Å²) >= 11 is 0. The van der Waals surface area contributed by atoms with E-state index in [0.717, 1.165) is 0 Å². The van der Waals surface area contributed by atoms with Gasteiger partial charge in [0.15, 0.2) is 0 Å². The molecule has 1 aromatic carbocycles. The van der Waals surface area contributed by atoms with Crippen LogP contribution in [0.15, 0.2) is 36.9 Å². The maximum absolute atomic E-state index is 13.6. The molecule has 1 N–H and O–H groups in total. The molecule has 1 fully saturated rings. The summed E-state index contributed by atoms with van der Waals surface area (Å²) in [5.41, 5.74) is 0.415. The molecule has 22 heavy (non-hydrogen) atoms. The van der Waals surface area contributed by atoms with E-state index in [-0.39, 0.29) is 30.0 Å². The Morgan fingerprint density at radius 2 is 2.00 bits per heavy atom. The summed E-state index contributed by atoms with van der Waals surface area (Å²) in [6.45, 7) is 5.11. The molecule has 118 valence electrons. The highest BCUT2D eigenvalue weighted by Gasteiger charge is 2.27. The predicted molar refractivity (Wildman–Crippen MR) is 82.6 cm³/mol. The summed E-state index contributed by atoms with van der Waals surface area (Å²) in [6.07, 6.45) is 3.00. The van der Waals surface area contributed by atoms with Crippen LogP contribution < -0.4 is 5.32 Å². The number of benzene rings is 1. The number of piperidine rings is 1. The van der Waals surface area contributed by atoms with Gasteiger partial charge in [-0.05, 0) is 24.5 Å². The Morgan fingerprint density at radius 1 is 1.32 bits per heavy atom. The zero-order valence-corrected chi connectivity index (χ0v) is 12.6. The average Bonchev–Trinajstić information content (AvgIpc) is 2.55. The number of hydrogen-bond acceptors (Lipinski definition) is 2. The minimum atomic E-state index is -0.352. The van der Waals surface area contributed by atoms with E-state index in [0.29, 0.717) is 38.0 Å². The molecular weight excluding hydrogens is 283 g/mol. The van der Waals surface area contributed by atoms with E-state index in [2.05, 4.69) is 11.9 Å². The first kappa shape index (κ1) is 16.2. The molecule has 0 radical (unpaired) electrons. The fraction of sp³-hybridized carbons (Fsp3) is 0.412. The fourth-order valence-electron chi connectivity index (χ4n) is 2.62. The number of rotatable bonds is 5. The van der Waals surface area contributed by atoms with E-state index < -0.39 is 0 Å². The number of carbonyl (C=O) groups excluding carboxylic acids is 2. The molecule has 0 saturated carbocycles. The van der Waals surface area contributed by atoms with Crippen molar-refractivity contribution in [2.75, 3.05) is 19.6 Å². The van der Waals surface area contributed by atoms with Gasteiger partial charge in [0.25, 0.3) is 0 Å². The van der Waals surface area contributed by atoms with E-state index in [4.69, 9.17) is 0 Å². The molecule has 1 aliphatic rings. The van der Waals surface area contributed by atoms with Gasteiger partial charge in [-0.1, -0.05) is 24.3 Å². The van der Waals surface area contributed by atoms with Crippen LogP contribution in [0.2, 0.25) is 0 Å². The number of halogens is 1. The van der Waals surface area contributed by atoms with Crippen LogP contribution in [0.3, 0.4) is 0 Å². The molecular formula is C17H21FN2O2. The van der Waals surface area contributed by atoms with Gasteiger partial charge in [0.1, 0.15) is 5.82 Å². The molecule has 1 aliphatic heterocycles. The van der Waals surface area contributed by atoms with Gasteiger partial charge in [0.2, 0.25) is 11.8 Å². The van der Waals surface area contributed by atoms with E-state index in [9.17, 15) is 14.0 Å². The molecule has 5 heteroatoms. The van der Waals surface area contributed by atoms with Gasteiger partial charge in [-0.25, -0.2) is 4.39 Å². The monoisotopic (exact) mass is 304 g/mol. The van der Waals surface area contributed by atoms with Crippen molar-refractivity contribution in [3.8, 4) is 0 Å². The summed E-state index contributed by atoms with van der Waals surface area (Å²) in [6, 6.07) is 6.32. The van der Waals surface area contributed by atoms with Crippen LogP contribution in [0.1, 0.15) is 18.4 Å². The number of amides is 2. The predicted octanol–water partition coefficient (Wildman–Crippen LogP) is 1.91. The Morgan fingerprint density at radius 3 is 2.64 bits per heavy atom. The minimum Gasteiger partial charge on any atom is -0.352 e. The van der Waals surface area contributed by atoms with Gasteiger partial charge < -0.3 is 10.2 Å². The first-order valence-corrected chi connectivity index (χ1v) is 7.51. The van der Waals surface area contributed by atoms with E-state index in [1.807, 2.05) is 0 Å². The van der Waals surface area contributed by atoms with Crippen molar-refractivity contribution in [2.24, 2.45) is 5.92 Å². The maximum atomic E-state index is 13.6.